The largest absolute Gasteiger partial charge is 0.0845 e. The third-order valence-corrected chi connectivity index (χ3v) is 7.80. The monoisotopic (exact) mass is 258 g/mol. The second-order valence-corrected chi connectivity index (χ2v) is 8.55. The van der Waals surface area contributed by atoms with E-state index in [0.29, 0.717) is 5.41 Å². The molecule has 0 bridgehead atoms. The van der Waals surface area contributed by atoms with E-state index in [1.54, 1.807) is 0 Å². The van der Waals surface area contributed by atoms with Crippen LogP contribution in [0.4, 0.5) is 0 Å². The van der Waals surface area contributed by atoms with Crippen molar-refractivity contribution in [3.8, 4) is 0 Å². The van der Waals surface area contributed by atoms with Crippen LogP contribution < -0.4 is 0 Å². The van der Waals surface area contributed by atoms with Gasteiger partial charge in [-0.25, -0.2) is 0 Å². The number of fused-ring (bicyclic) bond motifs is 5. The standard InChI is InChI=1S/C19H30/c1-18-11-5-7-16(18)15-9-8-14-6-3-4-12-19(14,2)17(15)10-13-18/h8,15-17H,3-7,9-13H2,1-2H3/t15-,16-,17-,18-,19-/m0/s1. The summed E-state index contributed by atoms with van der Waals surface area (Å²) >= 11 is 0. The second-order valence-electron chi connectivity index (χ2n) is 8.55. The molecule has 0 unspecified atom stereocenters. The van der Waals surface area contributed by atoms with Gasteiger partial charge in [0.05, 0.1) is 0 Å². The summed E-state index contributed by atoms with van der Waals surface area (Å²) < 4.78 is 0. The highest BCUT2D eigenvalue weighted by atomic mass is 14.6. The maximum absolute atomic E-state index is 2.70. The Bertz CT molecular complexity index is 406. The molecule has 4 aliphatic rings. The maximum atomic E-state index is 2.70. The number of rotatable bonds is 0. The number of hydrogen-bond acceptors (Lipinski definition) is 0. The smallest absolute Gasteiger partial charge is 0.00853 e. The first kappa shape index (κ1) is 12.5. The van der Waals surface area contributed by atoms with Crippen LogP contribution in [0, 0.1) is 28.6 Å². The molecule has 0 amide bonds. The first-order valence-electron chi connectivity index (χ1n) is 8.83. The van der Waals surface area contributed by atoms with Crippen LogP contribution in [0.25, 0.3) is 0 Å². The van der Waals surface area contributed by atoms with Gasteiger partial charge in [0, 0.05) is 0 Å². The van der Waals surface area contributed by atoms with Gasteiger partial charge < -0.3 is 0 Å². The normalized spacial score (nSPS) is 52.9. The Kier molecular flexibility index (Phi) is 2.71. The Balaban J connectivity index is 1.70. The van der Waals surface area contributed by atoms with Gasteiger partial charge in [0.2, 0.25) is 0 Å². The van der Waals surface area contributed by atoms with Gasteiger partial charge >= 0.3 is 0 Å². The van der Waals surface area contributed by atoms with Crippen LogP contribution in [0.5, 0.6) is 0 Å². The fraction of sp³-hybridized carbons (Fsp3) is 0.895. The molecule has 3 saturated carbocycles. The van der Waals surface area contributed by atoms with Crippen molar-refractivity contribution in [2.24, 2.45) is 28.6 Å². The van der Waals surface area contributed by atoms with Crippen molar-refractivity contribution < 1.29 is 0 Å². The van der Waals surface area contributed by atoms with Gasteiger partial charge in [0.25, 0.3) is 0 Å². The minimum absolute atomic E-state index is 0.602. The molecule has 0 spiro atoms. The van der Waals surface area contributed by atoms with Crippen LogP contribution in [0.15, 0.2) is 11.6 Å². The average Bonchev–Trinajstić information content (AvgIpc) is 2.79. The van der Waals surface area contributed by atoms with E-state index in [9.17, 15) is 0 Å². The van der Waals surface area contributed by atoms with Crippen molar-refractivity contribution in [3.05, 3.63) is 11.6 Å². The summed E-state index contributed by atoms with van der Waals surface area (Å²) in [5.41, 5.74) is 3.18. The summed E-state index contributed by atoms with van der Waals surface area (Å²) in [6.45, 7) is 5.25. The molecule has 4 aliphatic carbocycles. The molecule has 0 aromatic heterocycles. The van der Waals surface area contributed by atoms with E-state index in [-0.39, 0.29) is 0 Å². The average molecular weight is 258 g/mol. The molecule has 0 radical (unpaired) electrons. The second kappa shape index (κ2) is 4.12. The summed E-state index contributed by atoms with van der Waals surface area (Å²) in [7, 11) is 0. The van der Waals surface area contributed by atoms with Crippen LogP contribution in [-0.2, 0) is 0 Å². The molecular formula is C19H30. The zero-order chi connectivity index (χ0) is 13.1. The topological polar surface area (TPSA) is 0 Å². The molecule has 106 valence electrons. The van der Waals surface area contributed by atoms with E-state index >= 15 is 0 Å². The predicted molar refractivity (Wildman–Crippen MR) is 80.9 cm³/mol. The lowest BCUT2D eigenvalue weighted by Crippen LogP contribution is -2.48. The van der Waals surface area contributed by atoms with E-state index in [0.717, 1.165) is 23.2 Å². The highest BCUT2D eigenvalue weighted by molar-refractivity contribution is 5.23. The Labute approximate surface area is 119 Å². The van der Waals surface area contributed by atoms with E-state index in [2.05, 4.69) is 19.9 Å². The summed E-state index contributed by atoms with van der Waals surface area (Å²) in [6, 6.07) is 0. The van der Waals surface area contributed by atoms with Gasteiger partial charge in [-0.2, -0.15) is 0 Å². The van der Waals surface area contributed by atoms with Crippen molar-refractivity contribution in [3.63, 3.8) is 0 Å². The zero-order valence-electron chi connectivity index (χ0n) is 12.9. The highest BCUT2D eigenvalue weighted by Crippen LogP contribution is 2.64. The van der Waals surface area contributed by atoms with Crippen molar-refractivity contribution >= 4 is 0 Å². The Hall–Kier alpha value is -0.260. The fourth-order valence-electron chi connectivity index (χ4n) is 6.69. The van der Waals surface area contributed by atoms with Crippen LogP contribution in [0.3, 0.4) is 0 Å². The van der Waals surface area contributed by atoms with Crippen molar-refractivity contribution in [2.75, 3.05) is 0 Å². The van der Waals surface area contributed by atoms with Crippen LogP contribution in [0.2, 0.25) is 0 Å². The quantitative estimate of drug-likeness (QED) is 0.487. The molecule has 4 rings (SSSR count). The molecule has 5 atom stereocenters. The minimum atomic E-state index is 0.602. The molecule has 0 nitrogen and oxygen atoms in total. The van der Waals surface area contributed by atoms with Crippen molar-refractivity contribution in [1.82, 2.24) is 0 Å². The summed E-state index contributed by atoms with van der Waals surface area (Å²) in [4.78, 5) is 0. The molecule has 0 saturated heterocycles. The first-order chi connectivity index (χ1) is 9.13. The molecule has 0 heterocycles. The molecular weight excluding hydrogens is 228 g/mol. The SMILES string of the molecule is C[C@@]12CCC[C@H]1[C@@H]1CC=C3CCCC[C@]3(C)[C@H]1CC2. The molecule has 0 N–H and O–H groups in total. The van der Waals surface area contributed by atoms with Gasteiger partial charge in [-0.3, -0.25) is 0 Å². The van der Waals surface area contributed by atoms with E-state index in [1.165, 1.54) is 64.2 Å². The van der Waals surface area contributed by atoms with Gasteiger partial charge in [-0.05, 0) is 80.0 Å². The molecule has 0 aromatic carbocycles. The Morgan fingerprint density at radius 1 is 0.947 bits per heavy atom. The summed E-state index contributed by atoms with van der Waals surface area (Å²) in [5, 5.41) is 0. The number of allylic oxidation sites excluding steroid dienone is 2. The van der Waals surface area contributed by atoms with E-state index in [4.69, 9.17) is 0 Å². The predicted octanol–water partition coefficient (Wildman–Crippen LogP) is 5.73. The van der Waals surface area contributed by atoms with Crippen molar-refractivity contribution in [1.29, 1.82) is 0 Å². The molecule has 0 aromatic rings. The Morgan fingerprint density at radius 2 is 1.84 bits per heavy atom. The summed E-state index contributed by atoms with van der Waals surface area (Å²) in [6.07, 6.45) is 17.6. The van der Waals surface area contributed by atoms with Gasteiger partial charge in [-0.15, -0.1) is 0 Å². The van der Waals surface area contributed by atoms with Gasteiger partial charge in [0.1, 0.15) is 0 Å². The maximum Gasteiger partial charge on any atom is -0.00853 e. The van der Waals surface area contributed by atoms with Gasteiger partial charge in [-0.1, -0.05) is 38.3 Å². The lowest BCUT2D eigenvalue weighted by atomic mass is 9.48. The first-order valence-corrected chi connectivity index (χ1v) is 8.83. The molecule has 0 aliphatic heterocycles. The lowest BCUT2D eigenvalue weighted by molar-refractivity contribution is -0.0248. The molecule has 3 fully saturated rings. The van der Waals surface area contributed by atoms with Crippen LogP contribution in [0.1, 0.15) is 78.1 Å². The summed E-state index contributed by atoms with van der Waals surface area (Å²) in [5.74, 6) is 3.12. The lowest BCUT2D eigenvalue weighted by Gasteiger charge is -2.56. The minimum Gasteiger partial charge on any atom is -0.0845 e. The molecule has 19 heavy (non-hydrogen) atoms. The fourth-order valence-corrected chi connectivity index (χ4v) is 6.69. The van der Waals surface area contributed by atoms with E-state index < -0.39 is 0 Å². The zero-order valence-corrected chi connectivity index (χ0v) is 12.9. The Morgan fingerprint density at radius 3 is 2.74 bits per heavy atom. The van der Waals surface area contributed by atoms with Gasteiger partial charge in [0.15, 0.2) is 0 Å². The van der Waals surface area contributed by atoms with Crippen LogP contribution in [-0.4, -0.2) is 0 Å². The van der Waals surface area contributed by atoms with Crippen LogP contribution >= 0.6 is 0 Å². The van der Waals surface area contributed by atoms with E-state index in [1.807, 2.05) is 5.57 Å². The third kappa shape index (κ3) is 1.64. The highest BCUT2D eigenvalue weighted by Gasteiger charge is 2.54. The third-order valence-electron chi connectivity index (χ3n) is 7.80. The molecule has 0 heteroatoms. The number of hydrogen-bond donors (Lipinski definition) is 0. The van der Waals surface area contributed by atoms with Crippen molar-refractivity contribution in [2.45, 2.75) is 78.1 Å².